The van der Waals surface area contributed by atoms with Gasteiger partial charge in [0.15, 0.2) is 0 Å². The first-order chi connectivity index (χ1) is 8.60. The van der Waals surface area contributed by atoms with Crippen molar-refractivity contribution in [2.45, 2.75) is 13.8 Å². The Bertz CT molecular complexity index is 574. The predicted molar refractivity (Wildman–Crippen MR) is 65.8 cm³/mol. The first-order valence-corrected chi connectivity index (χ1v) is 5.34. The summed E-state index contributed by atoms with van der Waals surface area (Å²) in [4.78, 5) is 8.03. The summed E-state index contributed by atoms with van der Waals surface area (Å²) in [6, 6.07) is 4.29. The third kappa shape index (κ3) is 2.54. The largest absolute Gasteiger partial charge is 0.438 e. The minimum absolute atomic E-state index is 0.260. The quantitative estimate of drug-likeness (QED) is 0.644. The van der Waals surface area contributed by atoms with E-state index in [4.69, 9.17) is 10.6 Å². The molecule has 5 nitrogen and oxygen atoms in total. The number of ether oxygens (including phenoxy) is 1. The Balaban J connectivity index is 2.33. The zero-order valence-corrected chi connectivity index (χ0v) is 10.1. The highest BCUT2D eigenvalue weighted by Crippen LogP contribution is 2.26. The molecule has 0 aliphatic heterocycles. The summed E-state index contributed by atoms with van der Waals surface area (Å²) in [5.74, 6) is 6.11. The Hall–Kier alpha value is -2.21. The van der Waals surface area contributed by atoms with E-state index in [1.54, 1.807) is 19.2 Å². The second-order valence-corrected chi connectivity index (χ2v) is 3.84. The standard InChI is InChI=1S/C12H13FN4O/c1-7-5-9(13)3-4-10(7)18-11-8(2)6-15-12(16-11)17-14/h3-6H,14H2,1-2H3,(H,15,16,17). The highest BCUT2D eigenvalue weighted by atomic mass is 19.1. The molecule has 0 fully saturated rings. The minimum Gasteiger partial charge on any atom is -0.438 e. The summed E-state index contributed by atoms with van der Waals surface area (Å²) in [5.41, 5.74) is 3.79. The number of anilines is 1. The summed E-state index contributed by atoms with van der Waals surface area (Å²) in [6.07, 6.45) is 1.59. The number of nitrogens with zero attached hydrogens (tertiary/aromatic N) is 2. The normalized spacial score (nSPS) is 10.2. The number of halogens is 1. The Morgan fingerprint density at radius 3 is 2.72 bits per heavy atom. The number of hydrogen-bond acceptors (Lipinski definition) is 5. The van der Waals surface area contributed by atoms with Gasteiger partial charge < -0.3 is 4.74 Å². The second kappa shape index (κ2) is 4.97. The zero-order valence-electron chi connectivity index (χ0n) is 10.1. The lowest BCUT2D eigenvalue weighted by molar-refractivity contribution is 0.453. The molecule has 0 amide bonds. The number of nitrogen functional groups attached to an aromatic ring is 1. The lowest BCUT2D eigenvalue weighted by Crippen LogP contribution is -2.11. The first kappa shape index (κ1) is 12.3. The van der Waals surface area contributed by atoms with Gasteiger partial charge in [-0.05, 0) is 37.6 Å². The Morgan fingerprint density at radius 1 is 1.28 bits per heavy atom. The van der Waals surface area contributed by atoms with Gasteiger partial charge in [-0.15, -0.1) is 0 Å². The monoisotopic (exact) mass is 248 g/mol. The highest BCUT2D eigenvalue weighted by Gasteiger charge is 2.08. The molecule has 2 aromatic rings. The van der Waals surface area contributed by atoms with Crippen LogP contribution in [0.3, 0.4) is 0 Å². The SMILES string of the molecule is Cc1cc(F)ccc1Oc1nc(NN)ncc1C. The number of hydrazine groups is 1. The van der Waals surface area contributed by atoms with Crippen LogP contribution in [-0.4, -0.2) is 9.97 Å². The van der Waals surface area contributed by atoms with Crippen molar-refractivity contribution >= 4 is 5.95 Å². The van der Waals surface area contributed by atoms with Gasteiger partial charge in [0.05, 0.1) is 0 Å². The van der Waals surface area contributed by atoms with Crippen molar-refractivity contribution in [3.63, 3.8) is 0 Å². The maximum Gasteiger partial charge on any atom is 0.240 e. The van der Waals surface area contributed by atoms with Crippen molar-refractivity contribution in [3.05, 3.63) is 41.3 Å². The molecule has 0 atom stereocenters. The van der Waals surface area contributed by atoms with E-state index in [0.717, 1.165) is 5.56 Å². The van der Waals surface area contributed by atoms with E-state index in [1.807, 2.05) is 6.92 Å². The van der Waals surface area contributed by atoms with E-state index >= 15 is 0 Å². The molecule has 3 N–H and O–H groups in total. The molecule has 0 unspecified atom stereocenters. The summed E-state index contributed by atoms with van der Waals surface area (Å²) in [6.45, 7) is 3.57. The molecule has 94 valence electrons. The van der Waals surface area contributed by atoms with E-state index < -0.39 is 0 Å². The molecule has 6 heteroatoms. The van der Waals surface area contributed by atoms with Gasteiger partial charge in [-0.2, -0.15) is 4.98 Å². The fraction of sp³-hybridized carbons (Fsp3) is 0.167. The first-order valence-electron chi connectivity index (χ1n) is 5.34. The number of hydrogen-bond donors (Lipinski definition) is 2. The summed E-state index contributed by atoms with van der Waals surface area (Å²) < 4.78 is 18.6. The van der Waals surface area contributed by atoms with Crippen LogP contribution in [0.25, 0.3) is 0 Å². The van der Waals surface area contributed by atoms with Crippen molar-refractivity contribution in [1.29, 1.82) is 0 Å². The van der Waals surface area contributed by atoms with Crippen LogP contribution in [0.5, 0.6) is 11.6 Å². The van der Waals surface area contributed by atoms with Crippen molar-refractivity contribution < 1.29 is 9.13 Å². The average Bonchev–Trinajstić information content (AvgIpc) is 2.35. The van der Waals surface area contributed by atoms with Crippen LogP contribution in [0, 0.1) is 19.7 Å². The summed E-state index contributed by atoms with van der Waals surface area (Å²) in [5, 5.41) is 0. The number of benzene rings is 1. The molecule has 1 heterocycles. The van der Waals surface area contributed by atoms with Gasteiger partial charge in [-0.1, -0.05) is 0 Å². The predicted octanol–water partition coefficient (Wildman–Crippen LogP) is 2.31. The fourth-order valence-electron chi connectivity index (χ4n) is 1.43. The molecular weight excluding hydrogens is 235 g/mol. The van der Waals surface area contributed by atoms with Crippen molar-refractivity contribution in [3.8, 4) is 11.6 Å². The van der Waals surface area contributed by atoms with Crippen LogP contribution in [0.15, 0.2) is 24.4 Å². The third-order valence-electron chi connectivity index (χ3n) is 2.40. The van der Waals surface area contributed by atoms with E-state index in [9.17, 15) is 4.39 Å². The van der Waals surface area contributed by atoms with Gasteiger partial charge in [0.2, 0.25) is 11.8 Å². The van der Waals surface area contributed by atoms with E-state index in [2.05, 4.69) is 15.4 Å². The highest BCUT2D eigenvalue weighted by molar-refractivity contribution is 5.39. The number of rotatable bonds is 3. The Labute approximate surface area is 104 Å². The lowest BCUT2D eigenvalue weighted by Gasteiger charge is -2.10. The van der Waals surface area contributed by atoms with Gasteiger partial charge in [0.1, 0.15) is 11.6 Å². The molecule has 0 saturated heterocycles. The van der Waals surface area contributed by atoms with Gasteiger partial charge in [0.25, 0.3) is 0 Å². The Kier molecular flexibility index (Phi) is 3.38. The van der Waals surface area contributed by atoms with Crippen LogP contribution in [0.1, 0.15) is 11.1 Å². The minimum atomic E-state index is -0.302. The van der Waals surface area contributed by atoms with Crippen molar-refractivity contribution in [2.24, 2.45) is 5.84 Å². The smallest absolute Gasteiger partial charge is 0.240 e. The molecular formula is C12H13FN4O. The Morgan fingerprint density at radius 2 is 2.06 bits per heavy atom. The molecule has 1 aromatic heterocycles. The van der Waals surface area contributed by atoms with Gasteiger partial charge in [-0.25, -0.2) is 15.2 Å². The third-order valence-corrected chi connectivity index (χ3v) is 2.40. The molecule has 0 aliphatic carbocycles. The lowest BCUT2D eigenvalue weighted by atomic mass is 10.2. The van der Waals surface area contributed by atoms with Gasteiger partial charge in [-0.3, -0.25) is 5.43 Å². The van der Waals surface area contributed by atoms with Crippen molar-refractivity contribution in [1.82, 2.24) is 9.97 Å². The van der Waals surface area contributed by atoms with Crippen LogP contribution in [0.2, 0.25) is 0 Å². The molecule has 1 aromatic carbocycles. The number of aromatic nitrogens is 2. The summed E-state index contributed by atoms with van der Waals surface area (Å²) in [7, 11) is 0. The van der Waals surface area contributed by atoms with Crippen LogP contribution < -0.4 is 16.0 Å². The molecule has 0 bridgehead atoms. The zero-order chi connectivity index (χ0) is 13.1. The number of nitrogens with one attached hydrogen (secondary N) is 1. The van der Waals surface area contributed by atoms with E-state index in [0.29, 0.717) is 17.2 Å². The fourth-order valence-corrected chi connectivity index (χ4v) is 1.43. The van der Waals surface area contributed by atoms with Crippen LogP contribution in [0.4, 0.5) is 10.3 Å². The van der Waals surface area contributed by atoms with Crippen molar-refractivity contribution in [2.75, 3.05) is 5.43 Å². The molecule has 0 spiro atoms. The van der Waals surface area contributed by atoms with Crippen LogP contribution in [-0.2, 0) is 0 Å². The van der Waals surface area contributed by atoms with E-state index in [-0.39, 0.29) is 11.8 Å². The second-order valence-electron chi connectivity index (χ2n) is 3.84. The number of nitrogens with two attached hydrogens (primary N) is 1. The molecule has 2 rings (SSSR count). The average molecular weight is 248 g/mol. The molecule has 18 heavy (non-hydrogen) atoms. The van der Waals surface area contributed by atoms with Gasteiger partial charge in [0, 0.05) is 11.8 Å². The maximum absolute atomic E-state index is 13.0. The van der Waals surface area contributed by atoms with Crippen LogP contribution >= 0.6 is 0 Å². The molecule has 0 aliphatic rings. The van der Waals surface area contributed by atoms with Gasteiger partial charge >= 0.3 is 0 Å². The topological polar surface area (TPSA) is 73.1 Å². The van der Waals surface area contributed by atoms with E-state index in [1.165, 1.54) is 12.1 Å². The molecule has 0 radical (unpaired) electrons. The summed E-state index contributed by atoms with van der Waals surface area (Å²) >= 11 is 0. The molecule has 0 saturated carbocycles. The number of aryl methyl sites for hydroxylation is 2. The maximum atomic E-state index is 13.0.